The fourth-order valence-corrected chi connectivity index (χ4v) is 1.79. The summed E-state index contributed by atoms with van der Waals surface area (Å²) >= 11 is 0. The Bertz CT molecular complexity index is 204. The minimum Gasteiger partial charge on any atom is -0.379 e. The van der Waals surface area contributed by atoms with Gasteiger partial charge in [0.05, 0.1) is 13.2 Å². The molecule has 0 bridgehead atoms. The molecule has 0 N–H and O–H groups in total. The van der Waals surface area contributed by atoms with Crippen molar-refractivity contribution in [3.8, 4) is 12.3 Å². The Hall–Kier alpha value is -0.560. The molecule has 0 aromatic heterocycles. The topological polar surface area (TPSA) is 27.7 Å². The van der Waals surface area contributed by atoms with Crippen molar-refractivity contribution < 1.29 is 14.2 Å². The maximum atomic E-state index is 5.55. The maximum Gasteiger partial charge on any atom is 0.157 e. The Morgan fingerprint density at radius 3 is 2.82 bits per heavy atom. The number of terminal acetylenes is 1. The molecule has 17 heavy (non-hydrogen) atoms. The van der Waals surface area contributed by atoms with E-state index >= 15 is 0 Å². The SMILES string of the molecule is C#CCCCCCOCCOC1CCCCO1. The van der Waals surface area contributed by atoms with Crippen LogP contribution in [0.3, 0.4) is 0 Å². The van der Waals surface area contributed by atoms with Crippen LogP contribution in [0.25, 0.3) is 0 Å². The van der Waals surface area contributed by atoms with Crippen molar-refractivity contribution in [1.82, 2.24) is 0 Å². The second-order valence-corrected chi connectivity index (χ2v) is 4.29. The number of hydrogen-bond acceptors (Lipinski definition) is 3. The van der Waals surface area contributed by atoms with Crippen LogP contribution in [-0.2, 0) is 14.2 Å². The molecule has 0 radical (unpaired) electrons. The van der Waals surface area contributed by atoms with Crippen molar-refractivity contribution in [1.29, 1.82) is 0 Å². The molecule has 1 aliphatic rings. The summed E-state index contributed by atoms with van der Waals surface area (Å²) in [7, 11) is 0. The van der Waals surface area contributed by atoms with Gasteiger partial charge in [-0.15, -0.1) is 12.3 Å². The second kappa shape index (κ2) is 10.6. The molecule has 0 saturated carbocycles. The minimum absolute atomic E-state index is 0.00276. The van der Waals surface area contributed by atoms with Crippen molar-refractivity contribution >= 4 is 0 Å². The fraction of sp³-hybridized carbons (Fsp3) is 0.857. The predicted octanol–water partition coefficient (Wildman–Crippen LogP) is 2.74. The highest BCUT2D eigenvalue weighted by Crippen LogP contribution is 2.13. The molecule has 1 unspecified atom stereocenters. The molecule has 1 fully saturated rings. The van der Waals surface area contributed by atoms with Crippen LogP contribution in [-0.4, -0.2) is 32.7 Å². The van der Waals surface area contributed by atoms with Crippen LogP contribution < -0.4 is 0 Å². The van der Waals surface area contributed by atoms with Crippen molar-refractivity contribution in [2.45, 2.75) is 51.2 Å². The lowest BCUT2D eigenvalue weighted by atomic mass is 10.2. The molecular weight excluding hydrogens is 216 g/mol. The van der Waals surface area contributed by atoms with Gasteiger partial charge in [-0.1, -0.05) is 6.42 Å². The molecule has 0 spiro atoms. The van der Waals surface area contributed by atoms with Crippen molar-refractivity contribution in [2.75, 3.05) is 26.4 Å². The van der Waals surface area contributed by atoms with Gasteiger partial charge in [-0.3, -0.25) is 0 Å². The van der Waals surface area contributed by atoms with Crippen LogP contribution in [0.2, 0.25) is 0 Å². The van der Waals surface area contributed by atoms with E-state index in [-0.39, 0.29) is 6.29 Å². The summed E-state index contributed by atoms with van der Waals surface area (Å²) in [6.45, 7) is 2.93. The van der Waals surface area contributed by atoms with E-state index < -0.39 is 0 Å². The van der Waals surface area contributed by atoms with Crippen LogP contribution in [0.5, 0.6) is 0 Å². The molecule has 0 aromatic carbocycles. The fourth-order valence-electron chi connectivity index (χ4n) is 1.79. The highest BCUT2D eigenvalue weighted by atomic mass is 16.7. The monoisotopic (exact) mass is 240 g/mol. The zero-order valence-electron chi connectivity index (χ0n) is 10.7. The predicted molar refractivity (Wildman–Crippen MR) is 67.7 cm³/mol. The molecule has 1 heterocycles. The average molecular weight is 240 g/mol. The molecule has 0 aromatic rings. The third kappa shape index (κ3) is 8.20. The Labute approximate surface area is 105 Å². The normalized spacial score (nSPS) is 20.1. The first-order valence-corrected chi connectivity index (χ1v) is 6.68. The molecule has 98 valence electrons. The minimum atomic E-state index is 0.00276. The standard InChI is InChI=1S/C14H24O3/c1-2-3-4-5-7-10-15-12-13-17-14-9-6-8-11-16-14/h1,14H,3-13H2. The zero-order valence-corrected chi connectivity index (χ0v) is 10.7. The van der Waals surface area contributed by atoms with E-state index in [1.165, 1.54) is 6.42 Å². The summed E-state index contributed by atoms with van der Waals surface area (Å²) in [5.41, 5.74) is 0. The summed E-state index contributed by atoms with van der Waals surface area (Å²) in [6.07, 6.45) is 12.8. The average Bonchev–Trinajstić information content (AvgIpc) is 2.38. The van der Waals surface area contributed by atoms with Crippen molar-refractivity contribution in [2.24, 2.45) is 0 Å². The lowest BCUT2D eigenvalue weighted by Gasteiger charge is -2.22. The molecule has 1 saturated heterocycles. The maximum absolute atomic E-state index is 5.55. The third-order valence-corrected chi connectivity index (χ3v) is 2.78. The van der Waals surface area contributed by atoms with Gasteiger partial charge in [0.2, 0.25) is 0 Å². The van der Waals surface area contributed by atoms with E-state index in [0.29, 0.717) is 13.2 Å². The Morgan fingerprint density at radius 2 is 2.06 bits per heavy atom. The van der Waals surface area contributed by atoms with Crippen LogP contribution in [0.15, 0.2) is 0 Å². The van der Waals surface area contributed by atoms with Gasteiger partial charge in [-0.05, 0) is 32.1 Å². The van der Waals surface area contributed by atoms with Gasteiger partial charge < -0.3 is 14.2 Å². The van der Waals surface area contributed by atoms with E-state index in [1.54, 1.807) is 0 Å². The van der Waals surface area contributed by atoms with Gasteiger partial charge >= 0.3 is 0 Å². The first-order chi connectivity index (χ1) is 8.43. The van der Waals surface area contributed by atoms with Crippen LogP contribution >= 0.6 is 0 Å². The highest BCUT2D eigenvalue weighted by molar-refractivity contribution is 4.82. The first kappa shape index (κ1) is 14.5. The van der Waals surface area contributed by atoms with Gasteiger partial charge in [-0.2, -0.15) is 0 Å². The number of ether oxygens (including phenoxy) is 3. The van der Waals surface area contributed by atoms with Crippen LogP contribution in [0.1, 0.15) is 44.9 Å². The Kier molecular flexibility index (Phi) is 9.03. The van der Waals surface area contributed by atoms with Gasteiger partial charge in [0.1, 0.15) is 0 Å². The molecule has 3 nitrogen and oxygen atoms in total. The molecular formula is C14H24O3. The van der Waals surface area contributed by atoms with Crippen molar-refractivity contribution in [3.05, 3.63) is 0 Å². The Balaban J connectivity index is 1.76. The number of unbranched alkanes of at least 4 members (excludes halogenated alkanes) is 3. The smallest absolute Gasteiger partial charge is 0.157 e. The van der Waals surface area contributed by atoms with E-state index in [1.807, 2.05) is 0 Å². The molecule has 0 aliphatic carbocycles. The molecule has 1 aliphatic heterocycles. The van der Waals surface area contributed by atoms with E-state index in [4.69, 9.17) is 20.6 Å². The molecule has 1 rings (SSSR count). The van der Waals surface area contributed by atoms with E-state index in [9.17, 15) is 0 Å². The summed E-state index contributed by atoms with van der Waals surface area (Å²) < 4.78 is 16.5. The molecule has 0 amide bonds. The van der Waals surface area contributed by atoms with Crippen molar-refractivity contribution in [3.63, 3.8) is 0 Å². The van der Waals surface area contributed by atoms with Gasteiger partial charge in [0, 0.05) is 19.6 Å². The second-order valence-electron chi connectivity index (χ2n) is 4.29. The lowest BCUT2D eigenvalue weighted by Crippen LogP contribution is -2.24. The lowest BCUT2D eigenvalue weighted by molar-refractivity contribution is -0.169. The van der Waals surface area contributed by atoms with Crippen LogP contribution in [0, 0.1) is 12.3 Å². The molecule has 1 atom stereocenters. The van der Waals surface area contributed by atoms with Crippen LogP contribution in [0.4, 0.5) is 0 Å². The summed E-state index contributed by atoms with van der Waals surface area (Å²) in [5.74, 6) is 2.64. The van der Waals surface area contributed by atoms with Gasteiger partial charge in [0.15, 0.2) is 6.29 Å². The Morgan fingerprint density at radius 1 is 1.12 bits per heavy atom. The molecule has 3 heteroatoms. The summed E-state index contributed by atoms with van der Waals surface area (Å²) in [6, 6.07) is 0. The highest BCUT2D eigenvalue weighted by Gasteiger charge is 2.13. The largest absolute Gasteiger partial charge is 0.379 e. The van der Waals surface area contributed by atoms with E-state index in [2.05, 4.69) is 5.92 Å². The summed E-state index contributed by atoms with van der Waals surface area (Å²) in [5, 5.41) is 0. The van der Waals surface area contributed by atoms with Gasteiger partial charge in [-0.25, -0.2) is 0 Å². The summed E-state index contributed by atoms with van der Waals surface area (Å²) in [4.78, 5) is 0. The zero-order chi connectivity index (χ0) is 12.2. The number of rotatable bonds is 9. The number of hydrogen-bond donors (Lipinski definition) is 0. The quantitative estimate of drug-likeness (QED) is 0.458. The third-order valence-electron chi connectivity index (χ3n) is 2.78. The van der Waals surface area contributed by atoms with E-state index in [0.717, 1.165) is 51.7 Å². The van der Waals surface area contributed by atoms with Gasteiger partial charge in [0.25, 0.3) is 0 Å². The first-order valence-electron chi connectivity index (χ1n) is 6.68.